The fraction of sp³-hybridized carbons (Fsp3) is 0.556. The number of rotatable bonds is 3. The molecule has 0 aliphatic rings. The topological polar surface area (TPSA) is 0 Å². The molecule has 0 bridgehead atoms. The van der Waals surface area contributed by atoms with Crippen LogP contribution in [-0.2, 0) is 0 Å². The molecule has 0 saturated carbocycles. The third-order valence-corrected chi connectivity index (χ3v) is 0.941. The fourth-order valence-corrected chi connectivity index (χ4v) is 0.359. The lowest BCUT2D eigenvalue weighted by atomic mass is 10.1. The van der Waals surface area contributed by atoms with Gasteiger partial charge in [0.05, 0.1) is 0 Å². The molecule has 1 atom stereocenters. The van der Waals surface area contributed by atoms with Crippen molar-refractivity contribution in [3.8, 4) is 0 Å². The first-order valence-corrected chi connectivity index (χ1v) is 3.54. The first-order chi connectivity index (χ1) is 4.31. The van der Waals surface area contributed by atoms with Crippen LogP contribution >= 0.6 is 0 Å². The Hall–Kier alpha value is -0.520. The quantitative estimate of drug-likeness (QED) is 0.508. The Labute approximate surface area is 59.3 Å². The van der Waals surface area contributed by atoms with Crippen molar-refractivity contribution < 1.29 is 0 Å². The molecule has 0 amide bonds. The van der Waals surface area contributed by atoms with Crippen LogP contribution in [0.15, 0.2) is 25.3 Å². The van der Waals surface area contributed by atoms with Gasteiger partial charge in [-0.3, -0.25) is 0 Å². The highest BCUT2D eigenvalue weighted by Crippen LogP contribution is 2.00. The van der Waals surface area contributed by atoms with Gasteiger partial charge in [0.1, 0.15) is 0 Å². The van der Waals surface area contributed by atoms with E-state index in [9.17, 15) is 0 Å². The summed E-state index contributed by atoms with van der Waals surface area (Å²) in [6, 6.07) is 0. The van der Waals surface area contributed by atoms with Crippen molar-refractivity contribution in [1.29, 1.82) is 0 Å². The molecule has 0 N–H and O–H groups in total. The summed E-state index contributed by atoms with van der Waals surface area (Å²) in [4.78, 5) is 0. The summed E-state index contributed by atoms with van der Waals surface area (Å²) >= 11 is 0. The van der Waals surface area contributed by atoms with Gasteiger partial charge in [-0.15, -0.1) is 13.2 Å². The van der Waals surface area contributed by atoms with E-state index in [1.807, 2.05) is 26.0 Å². The molecule has 54 valence electrons. The largest absolute Gasteiger partial charge is 0.103 e. The molecular formula is C9H18. The van der Waals surface area contributed by atoms with Gasteiger partial charge < -0.3 is 0 Å². The summed E-state index contributed by atoms with van der Waals surface area (Å²) in [6.45, 7) is 13.4. The minimum Gasteiger partial charge on any atom is -0.103 e. The molecule has 0 aromatic heterocycles. The predicted octanol–water partition coefficient (Wildman–Crippen LogP) is 3.41. The van der Waals surface area contributed by atoms with Crippen molar-refractivity contribution in [1.82, 2.24) is 0 Å². The van der Waals surface area contributed by atoms with E-state index in [4.69, 9.17) is 0 Å². The van der Waals surface area contributed by atoms with Crippen LogP contribution in [0.25, 0.3) is 0 Å². The fourth-order valence-electron chi connectivity index (χ4n) is 0.359. The van der Waals surface area contributed by atoms with E-state index >= 15 is 0 Å². The van der Waals surface area contributed by atoms with Gasteiger partial charge in [-0.2, -0.15) is 0 Å². The maximum Gasteiger partial charge on any atom is -0.0230 e. The van der Waals surface area contributed by atoms with Crippen LogP contribution in [0.3, 0.4) is 0 Å². The molecule has 1 unspecified atom stereocenters. The van der Waals surface area contributed by atoms with Gasteiger partial charge in [-0.25, -0.2) is 0 Å². The molecular weight excluding hydrogens is 108 g/mol. The highest BCUT2D eigenvalue weighted by Gasteiger charge is 1.86. The summed E-state index contributed by atoms with van der Waals surface area (Å²) in [5, 5.41) is 0. The standard InChI is InChI=1S/C7H12.C2H6/c1-4-6-7(3)5-2;1-2/h4-5,7H,1-2,6H2,3H3;1-2H3. The van der Waals surface area contributed by atoms with Crippen molar-refractivity contribution in [2.45, 2.75) is 27.2 Å². The van der Waals surface area contributed by atoms with E-state index < -0.39 is 0 Å². The average Bonchev–Trinajstić information content (AvgIpc) is 1.93. The summed E-state index contributed by atoms with van der Waals surface area (Å²) < 4.78 is 0. The maximum absolute atomic E-state index is 3.63. The molecule has 9 heavy (non-hydrogen) atoms. The normalized spacial score (nSPS) is 10.6. The Morgan fingerprint density at radius 1 is 1.33 bits per heavy atom. The zero-order valence-corrected chi connectivity index (χ0v) is 6.85. The lowest BCUT2D eigenvalue weighted by Crippen LogP contribution is -1.82. The molecule has 0 aliphatic heterocycles. The van der Waals surface area contributed by atoms with Crippen LogP contribution in [0.2, 0.25) is 0 Å². The lowest BCUT2D eigenvalue weighted by Gasteiger charge is -1.95. The van der Waals surface area contributed by atoms with Gasteiger partial charge in [0.2, 0.25) is 0 Å². The van der Waals surface area contributed by atoms with Gasteiger partial charge in [-0.1, -0.05) is 32.9 Å². The van der Waals surface area contributed by atoms with Gasteiger partial charge in [0, 0.05) is 0 Å². The van der Waals surface area contributed by atoms with Gasteiger partial charge in [-0.05, 0) is 12.3 Å². The third-order valence-electron chi connectivity index (χ3n) is 0.941. The summed E-state index contributed by atoms with van der Waals surface area (Å²) in [7, 11) is 0. The highest BCUT2D eigenvalue weighted by molar-refractivity contribution is 4.81. The van der Waals surface area contributed by atoms with Gasteiger partial charge >= 0.3 is 0 Å². The maximum atomic E-state index is 3.63. The summed E-state index contributed by atoms with van der Waals surface area (Å²) in [5.41, 5.74) is 0. The van der Waals surface area contributed by atoms with E-state index in [0.717, 1.165) is 6.42 Å². The van der Waals surface area contributed by atoms with Gasteiger partial charge in [0.15, 0.2) is 0 Å². The predicted molar refractivity (Wildman–Crippen MR) is 45.5 cm³/mol. The van der Waals surface area contributed by atoms with Crippen molar-refractivity contribution >= 4 is 0 Å². The molecule has 0 rings (SSSR count). The zero-order valence-electron chi connectivity index (χ0n) is 6.85. The molecule has 0 aliphatic carbocycles. The van der Waals surface area contributed by atoms with E-state index in [1.54, 1.807) is 0 Å². The second-order valence-electron chi connectivity index (χ2n) is 1.74. The number of allylic oxidation sites excluding steroid dienone is 2. The van der Waals surface area contributed by atoms with Crippen molar-refractivity contribution in [3.63, 3.8) is 0 Å². The summed E-state index contributed by atoms with van der Waals surface area (Å²) in [5.74, 6) is 0.595. The summed E-state index contributed by atoms with van der Waals surface area (Å²) in [6.07, 6.45) is 4.89. The van der Waals surface area contributed by atoms with Crippen LogP contribution in [0.4, 0.5) is 0 Å². The smallest absolute Gasteiger partial charge is 0.0230 e. The minimum atomic E-state index is 0.595. The van der Waals surface area contributed by atoms with E-state index in [1.165, 1.54) is 0 Å². The van der Waals surface area contributed by atoms with Crippen LogP contribution in [0.1, 0.15) is 27.2 Å². The monoisotopic (exact) mass is 126 g/mol. The molecule has 0 nitrogen and oxygen atoms in total. The minimum absolute atomic E-state index is 0.595. The number of hydrogen-bond donors (Lipinski definition) is 0. The van der Waals surface area contributed by atoms with Crippen molar-refractivity contribution in [2.24, 2.45) is 5.92 Å². The van der Waals surface area contributed by atoms with Gasteiger partial charge in [0.25, 0.3) is 0 Å². The Kier molecular flexibility index (Phi) is 13.1. The molecule has 0 saturated heterocycles. The third kappa shape index (κ3) is 11.2. The zero-order chi connectivity index (χ0) is 7.70. The molecule has 0 spiro atoms. The second kappa shape index (κ2) is 10.5. The Morgan fingerprint density at radius 2 is 1.78 bits per heavy atom. The van der Waals surface area contributed by atoms with Crippen molar-refractivity contribution in [2.75, 3.05) is 0 Å². The molecule has 0 radical (unpaired) electrons. The van der Waals surface area contributed by atoms with E-state index in [-0.39, 0.29) is 0 Å². The Morgan fingerprint density at radius 3 is 1.89 bits per heavy atom. The Bertz CT molecular complexity index is 62.4. The SMILES string of the molecule is C=CCC(C)C=C.CC. The molecule has 0 heteroatoms. The first kappa shape index (κ1) is 11.3. The Balaban J connectivity index is 0. The first-order valence-electron chi connectivity index (χ1n) is 3.54. The second-order valence-corrected chi connectivity index (χ2v) is 1.74. The van der Waals surface area contributed by atoms with Crippen LogP contribution < -0.4 is 0 Å². The number of hydrogen-bond acceptors (Lipinski definition) is 0. The molecule has 0 fully saturated rings. The van der Waals surface area contributed by atoms with Crippen LogP contribution in [-0.4, -0.2) is 0 Å². The lowest BCUT2D eigenvalue weighted by molar-refractivity contribution is 0.748. The highest BCUT2D eigenvalue weighted by atomic mass is 13.9. The molecule has 0 aromatic rings. The van der Waals surface area contributed by atoms with Crippen LogP contribution in [0, 0.1) is 5.92 Å². The van der Waals surface area contributed by atoms with E-state index in [0.29, 0.717) is 5.92 Å². The van der Waals surface area contributed by atoms with Crippen molar-refractivity contribution in [3.05, 3.63) is 25.3 Å². The average molecular weight is 126 g/mol. The molecule has 0 aromatic carbocycles. The van der Waals surface area contributed by atoms with E-state index in [2.05, 4.69) is 20.1 Å². The van der Waals surface area contributed by atoms with Crippen LogP contribution in [0.5, 0.6) is 0 Å². The molecule has 0 heterocycles.